The molecule has 0 fully saturated rings. The van der Waals surface area contributed by atoms with Crippen molar-refractivity contribution < 1.29 is 14.8 Å². The van der Waals surface area contributed by atoms with E-state index in [1.807, 2.05) is 6.92 Å². The van der Waals surface area contributed by atoms with E-state index in [1.54, 1.807) is 6.92 Å². The predicted octanol–water partition coefficient (Wildman–Crippen LogP) is 2.11. The van der Waals surface area contributed by atoms with E-state index in [4.69, 9.17) is 16.7 Å². The first-order valence-electron chi connectivity index (χ1n) is 4.55. The molecule has 0 amide bonds. The van der Waals surface area contributed by atoms with Gasteiger partial charge in [0.1, 0.15) is 6.04 Å². The Morgan fingerprint density at radius 2 is 2.31 bits per heavy atom. The molecule has 0 aliphatic rings. The Hall–Kier alpha value is -1.63. The molecule has 7 nitrogen and oxygen atoms in total. The van der Waals surface area contributed by atoms with E-state index in [1.165, 1.54) is 0 Å². The van der Waals surface area contributed by atoms with Gasteiger partial charge in [0.15, 0.2) is 5.02 Å². The lowest BCUT2D eigenvalue weighted by atomic mass is 10.3. The maximum atomic E-state index is 10.8. The van der Waals surface area contributed by atoms with Gasteiger partial charge in [0.2, 0.25) is 5.69 Å². The van der Waals surface area contributed by atoms with Crippen molar-refractivity contribution in [3.8, 4) is 0 Å². The number of rotatable bonds is 4. The van der Waals surface area contributed by atoms with Crippen molar-refractivity contribution in [3.05, 3.63) is 20.8 Å². The fourth-order valence-corrected chi connectivity index (χ4v) is 1.46. The number of halogens is 1. The normalized spacial score (nSPS) is 12.4. The Labute approximate surface area is 95.8 Å². The van der Waals surface area contributed by atoms with Gasteiger partial charge in [-0.05, 0) is 18.3 Å². The zero-order chi connectivity index (χ0) is 12.5. The van der Waals surface area contributed by atoms with Crippen LogP contribution in [0.2, 0.25) is 5.02 Å². The molecule has 1 heterocycles. The third-order valence-electron chi connectivity index (χ3n) is 2.21. The fourth-order valence-electron chi connectivity index (χ4n) is 1.19. The van der Waals surface area contributed by atoms with Gasteiger partial charge in [-0.25, -0.2) is 4.79 Å². The summed E-state index contributed by atoms with van der Waals surface area (Å²) in [5.74, 6) is -1.86. The molecule has 8 heteroatoms. The van der Waals surface area contributed by atoms with E-state index in [2.05, 4.69) is 5.10 Å². The number of carboxylic acid groups (broad SMARTS) is 1. The monoisotopic (exact) mass is 247 g/mol. The molecule has 1 N–H and O–H groups in total. The molecule has 0 aliphatic carbocycles. The number of hydrogen-bond acceptors (Lipinski definition) is 4. The molecule has 88 valence electrons. The van der Waals surface area contributed by atoms with Crippen LogP contribution in [0.15, 0.2) is 0 Å². The third-order valence-corrected chi connectivity index (χ3v) is 2.56. The minimum absolute atomic E-state index is 0.286. The van der Waals surface area contributed by atoms with Gasteiger partial charge in [-0.1, -0.05) is 23.6 Å². The second-order valence-corrected chi connectivity index (χ2v) is 3.63. The highest BCUT2D eigenvalue weighted by atomic mass is 35.5. The average molecular weight is 248 g/mol. The zero-order valence-electron chi connectivity index (χ0n) is 8.68. The summed E-state index contributed by atoms with van der Waals surface area (Å²) in [6.45, 7) is 3.51. The maximum absolute atomic E-state index is 10.8. The lowest BCUT2D eigenvalue weighted by Crippen LogP contribution is -2.10. The van der Waals surface area contributed by atoms with E-state index in [9.17, 15) is 14.9 Å². The van der Waals surface area contributed by atoms with Crippen LogP contribution < -0.4 is 0 Å². The minimum atomic E-state index is -1.38. The molecule has 1 aromatic rings. The number of nitro groups is 1. The Kier molecular flexibility index (Phi) is 3.48. The molecule has 16 heavy (non-hydrogen) atoms. The van der Waals surface area contributed by atoms with Gasteiger partial charge in [0.25, 0.3) is 0 Å². The molecule has 1 aromatic heterocycles. The van der Waals surface area contributed by atoms with Crippen molar-refractivity contribution in [2.75, 3.05) is 0 Å². The topological polar surface area (TPSA) is 98.3 Å². The molecule has 0 radical (unpaired) electrons. The fraction of sp³-hybridized carbons (Fsp3) is 0.500. The minimum Gasteiger partial charge on any atom is -0.476 e. The van der Waals surface area contributed by atoms with Crippen LogP contribution in [-0.4, -0.2) is 25.8 Å². The lowest BCUT2D eigenvalue weighted by molar-refractivity contribution is -0.393. The number of nitrogens with zero attached hydrogens (tertiary/aromatic N) is 3. The zero-order valence-corrected chi connectivity index (χ0v) is 9.43. The highest BCUT2D eigenvalue weighted by molar-refractivity contribution is 6.35. The Bertz CT molecular complexity index is 443. The van der Waals surface area contributed by atoms with Crippen molar-refractivity contribution in [2.24, 2.45) is 0 Å². The first-order chi connectivity index (χ1) is 7.40. The van der Waals surface area contributed by atoms with E-state index >= 15 is 0 Å². The molecular formula is C8H10ClN3O4. The van der Waals surface area contributed by atoms with Crippen LogP contribution in [-0.2, 0) is 0 Å². The van der Waals surface area contributed by atoms with Gasteiger partial charge >= 0.3 is 11.8 Å². The summed E-state index contributed by atoms with van der Waals surface area (Å²) in [4.78, 5) is 20.8. The molecular weight excluding hydrogens is 238 g/mol. The summed E-state index contributed by atoms with van der Waals surface area (Å²) in [6.07, 6.45) is 0.581. The molecule has 0 bridgehead atoms. The average Bonchev–Trinajstić information content (AvgIpc) is 2.54. The summed E-state index contributed by atoms with van der Waals surface area (Å²) < 4.78 is 1.03. The van der Waals surface area contributed by atoms with E-state index in [0.29, 0.717) is 6.42 Å². The standard InChI is InChI=1S/C8H10ClN3O4/c1-3-4(2)11-7(12(15)16)5(9)6(10-11)8(13)14/h4H,3H2,1-2H3,(H,13,14). The van der Waals surface area contributed by atoms with E-state index < -0.39 is 27.4 Å². The molecule has 0 aromatic carbocycles. The lowest BCUT2D eigenvalue weighted by Gasteiger charge is -2.04. The highest BCUT2D eigenvalue weighted by Gasteiger charge is 2.32. The third kappa shape index (κ3) is 1.99. The largest absolute Gasteiger partial charge is 0.476 e. The summed E-state index contributed by atoms with van der Waals surface area (Å²) in [5, 5.41) is 22.7. The molecule has 1 rings (SSSR count). The van der Waals surface area contributed by atoms with Gasteiger partial charge in [-0.2, -0.15) is 0 Å². The van der Waals surface area contributed by atoms with Crippen LogP contribution in [0.1, 0.15) is 36.8 Å². The number of aromatic nitrogens is 2. The van der Waals surface area contributed by atoms with Crippen LogP contribution in [0.4, 0.5) is 5.82 Å². The van der Waals surface area contributed by atoms with Crippen molar-refractivity contribution in [3.63, 3.8) is 0 Å². The Balaban J connectivity index is 3.42. The van der Waals surface area contributed by atoms with Gasteiger partial charge in [-0.3, -0.25) is 0 Å². The molecule has 0 aliphatic heterocycles. The summed E-state index contributed by atoms with van der Waals surface area (Å²) in [5.41, 5.74) is -0.492. The highest BCUT2D eigenvalue weighted by Crippen LogP contribution is 2.31. The number of aromatic carboxylic acids is 1. The van der Waals surface area contributed by atoms with Crippen LogP contribution in [0.3, 0.4) is 0 Å². The van der Waals surface area contributed by atoms with Crippen LogP contribution >= 0.6 is 11.6 Å². The smallest absolute Gasteiger partial charge is 0.364 e. The maximum Gasteiger partial charge on any atom is 0.364 e. The predicted molar refractivity (Wildman–Crippen MR) is 55.9 cm³/mol. The number of hydrogen-bond donors (Lipinski definition) is 1. The summed E-state index contributed by atoms with van der Waals surface area (Å²) in [7, 11) is 0. The molecule has 0 spiro atoms. The van der Waals surface area contributed by atoms with Crippen molar-refractivity contribution in [1.82, 2.24) is 9.78 Å². The molecule has 1 atom stereocenters. The summed E-state index contributed by atoms with van der Waals surface area (Å²) >= 11 is 5.61. The second kappa shape index (κ2) is 4.48. The van der Waals surface area contributed by atoms with Crippen LogP contribution in [0, 0.1) is 10.1 Å². The molecule has 0 saturated carbocycles. The van der Waals surface area contributed by atoms with E-state index in [0.717, 1.165) is 4.68 Å². The Morgan fingerprint density at radius 3 is 2.69 bits per heavy atom. The van der Waals surface area contributed by atoms with Gasteiger partial charge in [-0.15, -0.1) is 4.68 Å². The number of carboxylic acids is 1. The first kappa shape index (κ1) is 12.4. The molecule has 0 saturated heterocycles. The van der Waals surface area contributed by atoms with Gasteiger partial charge in [0.05, 0.1) is 0 Å². The van der Waals surface area contributed by atoms with Crippen molar-refractivity contribution in [2.45, 2.75) is 26.3 Å². The SMILES string of the molecule is CCC(C)n1nc(C(=O)O)c(Cl)c1[N+](=O)[O-]. The quantitative estimate of drug-likeness (QED) is 0.649. The molecule has 1 unspecified atom stereocenters. The summed E-state index contributed by atoms with van der Waals surface area (Å²) in [6, 6.07) is -0.286. The van der Waals surface area contributed by atoms with Crippen LogP contribution in [0.25, 0.3) is 0 Å². The van der Waals surface area contributed by atoms with Gasteiger partial charge < -0.3 is 15.2 Å². The second-order valence-electron chi connectivity index (χ2n) is 3.25. The van der Waals surface area contributed by atoms with Crippen molar-refractivity contribution >= 4 is 23.4 Å². The number of carbonyl (C=O) groups is 1. The first-order valence-corrected chi connectivity index (χ1v) is 4.93. The van der Waals surface area contributed by atoms with Crippen molar-refractivity contribution in [1.29, 1.82) is 0 Å². The van der Waals surface area contributed by atoms with E-state index in [-0.39, 0.29) is 6.04 Å². The van der Waals surface area contributed by atoms with Gasteiger partial charge in [0, 0.05) is 0 Å². The Morgan fingerprint density at radius 1 is 1.75 bits per heavy atom. The van der Waals surface area contributed by atoms with Crippen LogP contribution in [0.5, 0.6) is 0 Å².